The van der Waals surface area contributed by atoms with Gasteiger partial charge in [0.15, 0.2) is 0 Å². The molecule has 0 fully saturated rings. The standard InChI is InChI=1S/C19H17NO2/c1-19(2)14-10-11(22-3)8-9-12(14)18(21)17-16(19)13-6-4-5-7-15(13)20-17/h4-10,20H,1-3H3. The molecule has 22 heavy (non-hydrogen) atoms. The Bertz CT molecular complexity index is 918. The lowest BCUT2D eigenvalue weighted by Gasteiger charge is -2.32. The number of ether oxygens (including phenoxy) is 1. The highest BCUT2D eigenvalue weighted by Crippen LogP contribution is 2.45. The first kappa shape index (κ1) is 13.1. The third-order valence-corrected chi connectivity index (χ3v) is 4.70. The number of hydrogen-bond donors (Lipinski definition) is 1. The first-order valence-electron chi connectivity index (χ1n) is 7.38. The molecule has 1 aliphatic rings. The summed E-state index contributed by atoms with van der Waals surface area (Å²) in [7, 11) is 1.65. The monoisotopic (exact) mass is 291 g/mol. The molecule has 4 rings (SSSR count). The maximum absolute atomic E-state index is 12.9. The van der Waals surface area contributed by atoms with Gasteiger partial charge in [0.05, 0.1) is 12.8 Å². The van der Waals surface area contributed by atoms with Crippen molar-refractivity contribution in [2.75, 3.05) is 7.11 Å². The minimum absolute atomic E-state index is 0.0585. The largest absolute Gasteiger partial charge is 0.497 e. The highest BCUT2D eigenvalue weighted by molar-refractivity contribution is 6.15. The van der Waals surface area contributed by atoms with Crippen LogP contribution in [-0.4, -0.2) is 17.9 Å². The van der Waals surface area contributed by atoms with Crippen molar-refractivity contribution in [1.29, 1.82) is 0 Å². The van der Waals surface area contributed by atoms with Crippen molar-refractivity contribution in [3.8, 4) is 5.75 Å². The van der Waals surface area contributed by atoms with Crippen LogP contribution in [0, 0.1) is 0 Å². The normalized spacial score (nSPS) is 15.5. The molecule has 0 atom stereocenters. The zero-order chi connectivity index (χ0) is 15.5. The van der Waals surface area contributed by atoms with E-state index in [4.69, 9.17) is 4.74 Å². The van der Waals surface area contributed by atoms with Gasteiger partial charge in [-0.25, -0.2) is 0 Å². The van der Waals surface area contributed by atoms with Gasteiger partial charge in [0.2, 0.25) is 5.78 Å². The molecule has 0 spiro atoms. The summed E-state index contributed by atoms with van der Waals surface area (Å²) in [4.78, 5) is 16.2. The second kappa shape index (κ2) is 4.23. The van der Waals surface area contributed by atoms with Crippen LogP contribution in [0.3, 0.4) is 0 Å². The number of hydrogen-bond acceptors (Lipinski definition) is 2. The predicted octanol–water partition coefficient (Wildman–Crippen LogP) is 4.05. The molecule has 0 amide bonds. The van der Waals surface area contributed by atoms with E-state index in [1.165, 1.54) is 0 Å². The quantitative estimate of drug-likeness (QED) is 0.735. The number of H-pyrrole nitrogens is 1. The van der Waals surface area contributed by atoms with E-state index in [0.717, 1.165) is 33.3 Å². The Hall–Kier alpha value is -2.55. The van der Waals surface area contributed by atoms with Crippen LogP contribution < -0.4 is 4.74 Å². The number of aromatic nitrogens is 1. The number of nitrogens with one attached hydrogen (secondary N) is 1. The molecule has 0 aliphatic heterocycles. The van der Waals surface area contributed by atoms with Crippen molar-refractivity contribution >= 4 is 16.7 Å². The van der Waals surface area contributed by atoms with Crippen LogP contribution in [0.4, 0.5) is 0 Å². The molecule has 0 bridgehead atoms. The summed E-state index contributed by atoms with van der Waals surface area (Å²) in [5, 5.41) is 1.12. The lowest BCUT2D eigenvalue weighted by molar-refractivity contribution is 0.102. The van der Waals surface area contributed by atoms with Crippen LogP contribution in [0.2, 0.25) is 0 Å². The number of rotatable bonds is 1. The summed E-state index contributed by atoms with van der Waals surface area (Å²) in [5.74, 6) is 0.839. The van der Waals surface area contributed by atoms with Crippen molar-refractivity contribution in [1.82, 2.24) is 4.98 Å². The molecule has 110 valence electrons. The SMILES string of the molecule is COc1ccc2c(c1)C(C)(C)c1c([nH]c3ccccc13)C2=O. The number of fused-ring (bicyclic) bond motifs is 4. The fourth-order valence-corrected chi connectivity index (χ4v) is 3.60. The van der Waals surface area contributed by atoms with Gasteiger partial charge in [0.1, 0.15) is 5.75 Å². The molecular weight excluding hydrogens is 274 g/mol. The number of para-hydroxylation sites is 1. The van der Waals surface area contributed by atoms with Crippen molar-refractivity contribution < 1.29 is 9.53 Å². The molecular formula is C19H17NO2. The van der Waals surface area contributed by atoms with Crippen LogP contribution in [0.5, 0.6) is 5.75 Å². The van der Waals surface area contributed by atoms with Crippen molar-refractivity contribution in [3.05, 3.63) is 64.8 Å². The summed E-state index contributed by atoms with van der Waals surface area (Å²) in [6, 6.07) is 13.8. The summed E-state index contributed by atoms with van der Waals surface area (Å²) in [6.45, 7) is 4.33. The van der Waals surface area contributed by atoms with Gasteiger partial charge in [-0.3, -0.25) is 4.79 Å². The van der Waals surface area contributed by atoms with Crippen LogP contribution in [-0.2, 0) is 5.41 Å². The molecule has 2 aromatic carbocycles. The van der Waals surface area contributed by atoms with E-state index in [2.05, 4.69) is 24.9 Å². The van der Waals surface area contributed by atoms with E-state index in [1.54, 1.807) is 7.11 Å². The summed E-state index contributed by atoms with van der Waals surface area (Å²) >= 11 is 0. The average Bonchev–Trinajstić information content (AvgIpc) is 2.93. The number of carbonyl (C=O) groups excluding carboxylic acids is 1. The van der Waals surface area contributed by atoms with Gasteiger partial charge in [-0.1, -0.05) is 32.0 Å². The Labute approximate surface area is 128 Å². The van der Waals surface area contributed by atoms with Gasteiger partial charge in [-0.15, -0.1) is 0 Å². The molecule has 3 heteroatoms. The molecule has 0 saturated carbocycles. The van der Waals surface area contributed by atoms with E-state index in [0.29, 0.717) is 5.69 Å². The minimum atomic E-state index is -0.257. The predicted molar refractivity (Wildman–Crippen MR) is 86.9 cm³/mol. The number of ketones is 1. The molecule has 1 N–H and O–H groups in total. The summed E-state index contributed by atoms with van der Waals surface area (Å²) in [6.07, 6.45) is 0. The maximum atomic E-state index is 12.9. The zero-order valence-corrected chi connectivity index (χ0v) is 12.9. The summed E-state index contributed by atoms with van der Waals surface area (Å²) in [5.41, 5.74) is 4.32. The molecule has 3 nitrogen and oxygen atoms in total. The third kappa shape index (κ3) is 1.54. The van der Waals surface area contributed by atoms with Crippen LogP contribution in [0.15, 0.2) is 42.5 Å². The van der Waals surface area contributed by atoms with Gasteiger partial charge in [0.25, 0.3) is 0 Å². The molecule has 1 aliphatic carbocycles. The molecule has 0 unspecified atom stereocenters. The van der Waals surface area contributed by atoms with E-state index < -0.39 is 0 Å². The number of carbonyl (C=O) groups is 1. The molecule has 1 heterocycles. The topological polar surface area (TPSA) is 42.1 Å². The van der Waals surface area contributed by atoms with Crippen molar-refractivity contribution in [3.63, 3.8) is 0 Å². The van der Waals surface area contributed by atoms with Crippen LogP contribution in [0.25, 0.3) is 10.9 Å². The first-order chi connectivity index (χ1) is 10.5. The fourth-order valence-electron chi connectivity index (χ4n) is 3.60. The van der Waals surface area contributed by atoms with Crippen LogP contribution >= 0.6 is 0 Å². The number of aromatic amines is 1. The lowest BCUT2D eigenvalue weighted by atomic mass is 9.69. The average molecular weight is 291 g/mol. The lowest BCUT2D eigenvalue weighted by Crippen LogP contribution is -2.30. The smallest absolute Gasteiger partial charge is 0.209 e. The Balaban J connectivity index is 2.10. The molecule has 3 aromatic rings. The molecule has 0 radical (unpaired) electrons. The molecule has 1 aromatic heterocycles. The Kier molecular flexibility index (Phi) is 2.52. The Morgan fingerprint density at radius 3 is 2.64 bits per heavy atom. The van der Waals surface area contributed by atoms with E-state index in [-0.39, 0.29) is 11.2 Å². The van der Waals surface area contributed by atoms with Gasteiger partial charge >= 0.3 is 0 Å². The minimum Gasteiger partial charge on any atom is -0.497 e. The second-order valence-corrected chi connectivity index (χ2v) is 6.29. The Morgan fingerprint density at radius 2 is 1.86 bits per heavy atom. The molecule has 0 saturated heterocycles. The number of benzene rings is 2. The van der Waals surface area contributed by atoms with Crippen molar-refractivity contribution in [2.45, 2.75) is 19.3 Å². The highest BCUT2D eigenvalue weighted by Gasteiger charge is 2.39. The van der Waals surface area contributed by atoms with Gasteiger partial charge in [-0.2, -0.15) is 0 Å². The number of methoxy groups -OCH3 is 1. The summed E-state index contributed by atoms with van der Waals surface area (Å²) < 4.78 is 5.35. The zero-order valence-electron chi connectivity index (χ0n) is 12.9. The third-order valence-electron chi connectivity index (χ3n) is 4.70. The maximum Gasteiger partial charge on any atom is 0.209 e. The van der Waals surface area contributed by atoms with E-state index >= 15 is 0 Å². The van der Waals surface area contributed by atoms with Crippen molar-refractivity contribution in [2.24, 2.45) is 0 Å². The van der Waals surface area contributed by atoms with Crippen LogP contribution in [0.1, 0.15) is 41.0 Å². The first-order valence-corrected chi connectivity index (χ1v) is 7.38. The second-order valence-electron chi connectivity index (χ2n) is 6.29. The van der Waals surface area contributed by atoms with Gasteiger partial charge in [0, 0.05) is 21.9 Å². The van der Waals surface area contributed by atoms with Gasteiger partial charge in [-0.05, 0) is 35.4 Å². The van der Waals surface area contributed by atoms with Gasteiger partial charge < -0.3 is 9.72 Å². The van der Waals surface area contributed by atoms with E-state index in [1.807, 2.05) is 36.4 Å². The highest BCUT2D eigenvalue weighted by atomic mass is 16.5. The Morgan fingerprint density at radius 1 is 1.09 bits per heavy atom. The van der Waals surface area contributed by atoms with E-state index in [9.17, 15) is 4.79 Å². The fraction of sp³-hybridized carbons (Fsp3) is 0.211.